The van der Waals surface area contributed by atoms with Crippen LogP contribution in [0.2, 0.25) is 0 Å². The second-order valence-electron chi connectivity index (χ2n) is 2.15. The molecule has 0 heterocycles. The second kappa shape index (κ2) is 5.45. The summed E-state index contributed by atoms with van der Waals surface area (Å²) in [5.74, 6) is 0.394. The van der Waals surface area contributed by atoms with Crippen molar-refractivity contribution in [3.63, 3.8) is 0 Å². The van der Waals surface area contributed by atoms with Gasteiger partial charge in [-0.15, -0.1) is 0 Å². The molecule has 68 valence electrons. The van der Waals surface area contributed by atoms with E-state index in [1.165, 1.54) is 25.3 Å². The molecule has 0 saturated heterocycles. The molecule has 0 aliphatic rings. The van der Waals surface area contributed by atoms with Crippen LogP contribution in [0.15, 0.2) is 29.2 Å². The molecule has 1 aromatic carbocycles. The van der Waals surface area contributed by atoms with E-state index in [0.29, 0.717) is 5.75 Å². The maximum absolute atomic E-state index is 10.6. The first-order chi connectivity index (χ1) is 5.54. The second-order valence-corrected chi connectivity index (χ2v) is 3.58. The predicted octanol–water partition coefficient (Wildman–Crippen LogP) is 0.293. The maximum atomic E-state index is 10.6. The molecule has 0 aromatic heterocycles. The Balaban J connectivity index is 0.00000144. The van der Waals surface area contributed by atoms with Gasteiger partial charge in [-0.05, 0) is 12.1 Å². The molecule has 0 atom stereocenters. The Morgan fingerprint density at radius 1 is 1.38 bits per heavy atom. The van der Waals surface area contributed by atoms with Crippen LogP contribution < -0.4 is 4.74 Å². The van der Waals surface area contributed by atoms with Crippen molar-refractivity contribution >= 4 is 61.5 Å². The van der Waals surface area contributed by atoms with E-state index in [0.717, 1.165) is 0 Å². The standard InChI is InChI=1S/C7H8O4S.K.H/c1-11-6-3-2-4-7(5-6)12(8,9)10;;/h2-5H,1H3,(H,8,9,10);;. The third kappa shape index (κ3) is 4.07. The third-order valence-electron chi connectivity index (χ3n) is 1.34. The van der Waals surface area contributed by atoms with E-state index in [9.17, 15) is 8.42 Å². The van der Waals surface area contributed by atoms with Crippen LogP contribution in [0.25, 0.3) is 0 Å². The number of ether oxygens (including phenoxy) is 1. The quantitative estimate of drug-likeness (QED) is 0.584. The van der Waals surface area contributed by atoms with Gasteiger partial charge < -0.3 is 4.74 Å². The van der Waals surface area contributed by atoms with Gasteiger partial charge in [-0.2, -0.15) is 8.42 Å². The van der Waals surface area contributed by atoms with Gasteiger partial charge in [-0.3, -0.25) is 4.55 Å². The Morgan fingerprint density at radius 3 is 2.46 bits per heavy atom. The van der Waals surface area contributed by atoms with Gasteiger partial charge in [0.25, 0.3) is 10.1 Å². The first-order valence-corrected chi connectivity index (χ1v) is 4.59. The van der Waals surface area contributed by atoms with Crippen LogP contribution >= 0.6 is 0 Å². The molecule has 1 N–H and O–H groups in total. The van der Waals surface area contributed by atoms with Crippen LogP contribution in [0.3, 0.4) is 0 Å². The summed E-state index contributed by atoms with van der Waals surface area (Å²) in [5.41, 5.74) is 0. The number of hydrogen-bond donors (Lipinski definition) is 1. The van der Waals surface area contributed by atoms with E-state index in [1.807, 2.05) is 0 Å². The van der Waals surface area contributed by atoms with Crippen molar-refractivity contribution in [2.45, 2.75) is 4.90 Å². The third-order valence-corrected chi connectivity index (χ3v) is 2.19. The van der Waals surface area contributed by atoms with Crippen molar-refractivity contribution in [2.75, 3.05) is 7.11 Å². The van der Waals surface area contributed by atoms with Crippen molar-refractivity contribution in [3.05, 3.63) is 24.3 Å². The number of hydrogen-bond acceptors (Lipinski definition) is 3. The SMILES string of the molecule is COc1cccc(S(=O)(=O)O)c1.[KH]. The molecular formula is C7H9KO4S. The summed E-state index contributed by atoms with van der Waals surface area (Å²) in [6, 6.07) is 5.61. The van der Waals surface area contributed by atoms with E-state index in [4.69, 9.17) is 9.29 Å². The summed E-state index contributed by atoms with van der Waals surface area (Å²) < 4.78 is 34.6. The van der Waals surface area contributed by atoms with Crippen LogP contribution in [-0.4, -0.2) is 71.5 Å². The van der Waals surface area contributed by atoms with Gasteiger partial charge in [-0.1, -0.05) is 6.07 Å². The summed E-state index contributed by atoms with van der Waals surface area (Å²) >= 11 is 0. The Bertz CT molecular complexity index is 374. The summed E-state index contributed by atoms with van der Waals surface area (Å²) in [4.78, 5) is -0.165. The van der Waals surface area contributed by atoms with E-state index in [2.05, 4.69) is 0 Å². The van der Waals surface area contributed by atoms with Crippen molar-refractivity contribution in [3.8, 4) is 5.75 Å². The van der Waals surface area contributed by atoms with Crippen molar-refractivity contribution in [2.24, 2.45) is 0 Å². The van der Waals surface area contributed by atoms with E-state index in [1.54, 1.807) is 6.07 Å². The van der Waals surface area contributed by atoms with Crippen molar-refractivity contribution in [1.82, 2.24) is 0 Å². The fraction of sp³-hybridized carbons (Fsp3) is 0.143. The molecule has 0 unspecified atom stereocenters. The Morgan fingerprint density at radius 2 is 2.00 bits per heavy atom. The van der Waals surface area contributed by atoms with Crippen LogP contribution in [0.4, 0.5) is 0 Å². The monoisotopic (exact) mass is 228 g/mol. The van der Waals surface area contributed by atoms with Crippen LogP contribution in [0, 0.1) is 0 Å². The molecule has 0 fully saturated rings. The first kappa shape index (κ1) is 13.6. The average molecular weight is 228 g/mol. The number of methoxy groups -OCH3 is 1. The normalized spacial score (nSPS) is 10.3. The van der Waals surface area contributed by atoms with E-state index < -0.39 is 10.1 Å². The van der Waals surface area contributed by atoms with Gasteiger partial charge in [0, 0.05) is 6.07 Å². The number of benzene rings is 1. The molecule has 6 heteroatoms. The molecule has 1 aromatic rings. The number of rotatable bonds is 2. The van der Waals surface area contributed by atoms with Gasteiger partial charge >= 0.3 is 51.4 Å². The van der Waals surface area contributed by atoms with Gasteiger partial charge in [0.05, 0.1) is 12.0 Å². The molecule has 0 aliphatic heterocycles. The molecule has 13 heavy (non-hydrogen) atoms. The minimum absolute atomic E-state index is 0. The fourth-order valence-corrected chi connectivity index (χ4v) is 1.28. The molecule has 0 amide bonds. The Labute approximate surface area is 119 Å². The van der Waals surface area contributed by atoms with Crippen LogP contribution in [0.5, 0.6) is 5.75 Å². The molecule has 4 nitrogen and oxygen atoms in total. The molecule has 1 rings (SSSR count). The molecule has 0 radical (unpaired) electrons. The molecule has 0 bridgehead atoms. The van der Waals surface area contributed by atoms with E-state index in [-0.39, 0.29) is 56.3 Å². The van der Waals surface area contributed by atoms with Crippen molar-refractivity contribution in [1.29, 1.82) is 0 Å². The zero-order chi connectivity index (χ0) is 9.19. The van der Waals surface area contributed by atoms with Gasteiger partial charge in [0.15, 0.2) is 0 Å². The van der Waals surface area contributed by atoms with E-state index >= 15 is 0 Å². The summed E-state index contributed by atoms with van der Waals surface area (Å²) in [5, 5.41) is 0. The van der Waals surface area contributed by atoms with Gasteiger partial charge in [-0.25, -0.2) is 0 Å². The molecule has 0 aliphatic carbocycles. The Kier molecular flexibility index (Phi) is 5.69. The predicted molar refractivity (Wildman–Crippen MR) is 50.0 cm³/mol. The van der Waals surface area contributed by atoms with Gasteiger partial charge in [0.2, 0.25) is 0 Å². The minimum atomic E-state index is -4.12. The van der Waals surface area contributed by atoms with Crippen molar-refractivity contribution < 1.29 is 17.7 Å². The summed E-state index contributed by atoms with van der Waals surface area (Å²) in [7, 11) is -2.70. The van der Waals surface area contributed by atoms with Crippen LogP contribution in [0.1, 0.15) is 0 Å². The Hall–Kier alpha value is 0.566. The zero-order valence-corrected chi connectivity index (χ0v) is 7.21. The summed E-state index contributed by atoms with van der Waals surface area (Å²) in [6.45, 7) is 0. The molecule has 0 saturated carbocycles. The zero-order valence-electron chi connectivity index (χ0n) is 6.39. The van der Waals surface area contributed by atoms with Crippen LogP contribution in [-0.2, 0) is 10.1 Å². The molecule has 0 spiro atoms. The topological polar surface area (TPSA) is 63.6 Å². The fourth-order valence-electron chi connectivity index (χ4n) is 0.762. The average Bonchev–Trinajstić information content (AvgIpc) is 2.03. The van der Waals surface area contributed by atoms with Gasteiger partial charge in [0.1, 0.15) is 5.75 Å². The first-order valence-electron chi connectivity index (χ1n) is 3.15. The molecular weight excluding hydrogens is 219 g/mol. The summed E-state index contributed by atoms with van der Waals surface area (Å²) in [6.07, 6.45) is 0.